The number of benzene rings is 2. The van der Waals surface area contributed by atoms with Crippen LogP contribution in [-0.4, -0.2) is 35.8 Å². The lowest BCUT2D eigenvalue weighted by molar-refractivity contribution is -0.384. The molecule has 0 heterocycles. The molecule has 3 amide bonds. The fourth-order valence-electron chi connectivity index (χ4n) is 2.41. The van der Waals surface area contributed by atoms with Crippen molar-refractivity contribution in [3.8, 4) is 5.75 Å². The number of ether oxygens (including phenoxy) is 1. The molecule has 0 aliphatic heterocycles. The number of nitrogens with zero attached hydrogens (tertiary/aromatic N) is 1. The topological polar surface area (TPSA) is 140 Å². The zero-order chi connectivity index (χ0) is 21.4. The van der Waals surface area contributed by atoms with Crippen molar-refractivity contribution in [2.45, 2.75) is 13.8 Å². The largest absolute Gasteiger partial charge is 0.483 e. The Hall–Kier alpha value is -3.95. The summed E-state index contributed by atoms with van der Waals surface area (Å²) in [6.45, 7) is 2.98. The molecule has 0 unspecified atom stereocenters. The van der Waals surface area contributed by atoms with Crippen molar-refractivity contribution in [2.75, 3.05) is 13.2 Å². The van der Waals surface area contributed by atoms with Gasteiger partial charge in [0.25, 0.3) is 23.4 Å². The van der Waals surface area contributed by atoms with Gasteiger partial charge in [0.2, 0.25) is 0 Å². The molecule has 0 atom stereocenters. The van der Waals surface area contributed by atoms with Crippen LogP contribution in [0.4, 0.5) is 5.69 Å². The maximum atomic E-state index is 12.0. The smallest absolute Gasteiger partial charge is 0.276 e. The van der Waals surface area contributed by atoms with Crippen molar-refractivity contribution < 1.29 is 24.0 Å². The highest BCUT2D eigenvalue weighted by Crippen LogP contribution is 2.21. The van der Waals surface area contributed by atoms with Gasteiger partial charge in [0, 0.05) is 17.7 Å². The fraction of sp³-hybridized carbons (Fsp3) is 0.211. The second kappa shape index (κ2) is 9.83. The summed E-state index contributed by atoms with van der Waals surface area (Å²) < 4.78 is 5.46. The molecule has 0 radical (unpaired) electrons. The molecule has 0 aromatic heterocycles. The monoisotopic (exact) mass is 400 g/mol. The second-order valence-electron chi connectivity index (χ2n) is 6.10. The number of amides is 3. The summed E-state index contributed by atoms with van der Waals surface area (Å²) in [6, 6.07) is 10.7. The Bertz CT molecular complexity index is 924. The average Bonchev–Trinajstić information content (AvgIpc) is 2.70. The lowest BCUT2D eigenvalue weighted by Gasteiger charge is -2.12. The van der Waals surface area contributed by atoms with E-state index >= 15 is 0 Å². The molecule has 0 saturated carbocycles. The Morgan fingerprint density at radius 3 is 2.28 bits per heavy atom. The molecule has 0 aliphatic rings. The van der Waals surface area contributed by atoms with Crippen LogP contribution in [0, 0.1) is 24.0 Å². The van der Waals surface area contributed by atoms with E-state index in [2.05, 4.69) is 16.2 Å². The summed E-state index contributed by atoms with van der Waals surface area (Å²) in [6.07, 6.45) is 0. The van der Waals surface area contributed by atoms with Gasteiger partial charge in [0.15, 0.2) is 6.61 Å². The lowest BCUT2D eigenvalue weighted by atomic mass is 10.1. The first-order valence-corrected chi connectivity index (χ1v) is 8.57. The number of hydrazine groups is 1. The number of non-ortho nitro benzene ring substituents is 1. The summed E-state index contributed by atoms with van der Waals surface area (Å²) in [7, 11) is 0. The van der Waals surface area contributed by atoms with Gasteiger partial charge in [-0.1, -0.05) is 24.3 Å². The van der Waals surface area contributed by atoms with Crippen molar-refractivity contribution in [2.24, 2.45) is 0 Å². The van der Waals surface area contributed by atoms with Gasteiger partial charge in [-0.15, -0.1) is 0 Å². The third-order valence-electron chi connectivity index (χ3n) is 3.83. The predicted molar refractivity (Wildman–Crippen MR) is 103 cm³/mol. The predicted octanol–water partition coefficient (Wildman–Crippen LogP) is 1.17. The van der Waals surface area contributed by atoms with Crippen LogP contribution in [0.15, 0.2) is 42.5 Å². The molecule has 3 N–H and O–H groups in total. The number of carbonyl (C=O) groups excluding carboxylic acids is 3. The zero-order valence-corrected chi connectivity index (χ0v) is 15.9. The van der Waals surface area contributed by atoms with E-state index in [0.717, 1.165) is 17.2 Å². The van der Waals surface area contributed by atoms with Crippen LogP contribution in [0.25, 0.3) is 0 Å². The Kier molecular flexibility index (Phi) is 7.24. The minimum Gasteiger partial charge on any atom is -0.483 e. The molecule has 0 spiro atoms. The highest BCUT2D eigenvalue weighted by molar-refractivity contribution is 5.97. The van der Waals surface area contributed by atoms with Gasteiger partial charge in [-0.2, -0.15) is 0 Å². The van der Waals surface area contributed by atoms with Crippen LogP contribution in [0.3, 0.4) is 0 Å². The van der Waals surface area contributed by atoms with Crippen molar-refractivity contribution >= 4 is 23.4 Å². The number of nitro groups is 1. The van der Waals surface area contributed by atoms with E-state index in [0.29, 0.717) is 5.75 Å². The first kappa shape index (κ1) is 21.4. The van der Waals surface area contributed by atoms with Gasteiger partial charge < -0.3 is 10.1 Å². The number of aryl methyl sites for hydroxylation is 2. The molecule has 152 valence electrons. The third kappa shape index (κ3) is 6.31. The van der Waals surface area contributed by atoms with Gasteiger partial charge in [-0.3, -0.25) is 35.3 Å². The number of hydrogen-bond donors (Lipinski definition) is 3. The first-order valence-electron chi connectivity index (χ1n) is 8.57. The van der Waals surface area contributed by atoms with Crippen LogP contribution in [-0.2, 0) is 9.59 Å². The normalized spacial score (nSPS) is 10.0. The quantitative estimate of drug-likeness (QED) is 0.471. The number of carbonyl (C=O) groups is 3. The minimum absolute atomic E-state index is 0.0398. The van der Waals surface area contributed by atoms with Crippen LogP contribution < -0.4 is 20.9 Å². The molecule has 0 aliphatic carbocycles. The highest BCUT2D eigenvalue weighted by Gasteiger charge is 2.13. The lowest BCUT2D eigenvalue weighted by Crippen LogP contribution is -2.47. The molecule has 2 aromatic rings. The maximum Gasteiger partial charge on any atom is 0.276 e. The molecule has 29 heavy (non-hydrogen) atoms. The number of nitrogens with one attached hydrogen (secondary N) is 3. The van der Waals surface area contributed by atoms with Gasteiger partial charge in [-0.05, 0) is 31.0 Å². The van der Waals surface area contributed by atoms with Crippen molar-refractivity contribution in [3.05, 3.63) is 69.3 Å². The van der Waals surface area contributed by atoms with E-state index < -0.39 is 29.2 Å². The van der Waals surface area contributed by atoms with Crippen molar-refractivity contribution in [1.29, 1.82) is 0 Å². The number of para-hydroxylation sites is 1. The maximum absolute atomic E-state index is 12.0. The molecular formula is C19H20N4O6. The molecule has 0 saturated heterocycles. The van der Waals surface area contributed by atoms with Crippen LogP contribution >= 0.6 is 0 Å². The van der Waals surface area contributed by atoms with Crippen LogP contribution in [0.1, 0.15) is 21.5 Å². The van der Waals surface area contributed by atoms with Crippen molar-refractivity contribution in [1.82, 2.24) is 16.2 Å². The molecule has 2 rings (SSSR count). The number of rotatable bonds is 7. The molecule has 0 fully saturated rings. The van der Waals surface area contributed by atoms with E-state index in [1.807, 2.05) is 32.0 Å². The first-order chi connectivity index (χ1) is 13.8. The summed E-state index contributed by atoms with van der Waals surface area (Å²) in [5.74, 6) is -1.32. The van der Waals surface area contributed by atoms with Crippen molar-refractivity contribution in [3.63, 3.8) is 0 Å². The molecule has 0 bridgehead atoms. The van der Waals surface area contributed by atoms with E-state index in [9.17, 15) is 24.5 Å². The number of nitro benzene ring substituents is 1. The summed E-state index contributed by atoms with van der Waals surface area (Å²) in [4.78, 5) is 45.6. The second-order valence-corrected chi connectivity index (χ2v) is 6.10. The Morgan fingerprint density at radius 1 is 1.00 bits per heavy atom. The molecule has 2 aromatic carbocycles. The van der Waals surface area contributed by atoms with E-state index in [1.54, 1.807) is 0 Å². The average molecular weight is 400 g/mol. The van der Waals surface area contributed by atoms with Gasteiger partial charge in [0.1, 0.15) is 5.75 Å². The van der Waals surface area contributed by atoms with E-state index in [-0.39, 0.29) is 17.9 Å². The Labute approximate surface area is 166 Å². The Balaban J connectivity index is 1.75. The summed E-state index contributed by atoms with van der Waals surface area (Å²) in [5.41, 5.74) is 5.88. The number of hydrogen-bond acceptors (Lipinski definition) is 6. The molecule has 10 heteroatoms. The van der Waals surface area contributed by atoms with Gasteiger partial charge in [0.05, 0.1) is 11.5 Å². The van der Waals surface area contributed by atoms with E-state index in [4.69, 9.17) is 4.74 Å². The third-order valence-corrected chi connectivity index (χ3v) is 3.83. The highest BCUT2D eigenvalue weighted by atomic mass is 16.6. The minimum atomic E-state index is -0.677. The standard InChI is InChI=1S/C19H20N4O6/c1-12-5-3-6-13(2)18(12)29-11-17(25)22-21-16(24)10-20-19(26)14-7-4-8-15(9-14)23(27)28/h3-9H,10-11H2,1-2H3,(H,20,26)(H,21,24)(H,22,25). The fourth-order valence-corrected chi connectivity index (χ4v) is 2.41. The van der Waals surface area contributed by atoms with Crippen LogP contribution in [0.2, 0.25) is 0 Å². The SMILES string of the molecule is Cc1cccc(C)c1OCC(=O)NNC(=O)CNC(=O)c1cccc([N+](=O)[O-])c1. The summed E-state index contributed by atoms with van der Waals surface area (Å²) >= 11 is 0. The van der Waals surface area contributed by atoms with Crippen LogP contribution in [0.5, 0.6) is 5.75 Å². The molecule has 10 nitrogen and oxygen atoms in total. The zero-order valence-electron chi connectivity index (χ0n) is 15.9. The summed E-state index contributed by atoms with van der Waals surface area (Å²) in [5, 5.41) is 13.0. The molecular weight excluding hydrogens is 380 g/mol. The van der Waals surface area contributed by atoms with E-state index in [1.165, 1.54) is 18.2 Å². The van der Waals surface area contributed by atoms with Gasteiger partial charge in [-0.25, -0.2) is 0 Å². The van der Waals surface area contributed by atoms with Gasteiger partial charge >= 0.3 is 0 Å². The Morgan fingerprint density at radius 2 is 1.62 bits per heavy atom.